The summed E-state index contributed by atoms with van der Waals surface area (Å²) in [6, 6.07) is 7.77. The van der Waals surface area contributed by atoms with Crippen LogP contribution in [0.15, 0.2) is 36.7 Å². The second-order valence-corrected chi connectivity index (χ2v) is 4.72. The standard InChI is InChI=1S/C15H19N3O/c1-11(4-3-8-16)15(19)18-14-6-2-5-12-7-9-17-10-13(12)14/h2,5-7,9-11H,3-4,8,16H2,1H3,(H,18,19). The van der Waals surface area contributed by atoms with Crippen molar-refractivity contribution in [2.75, 3.05) is 11.9 Å². The molecule has 0 saturated heterocycles. The van der Waals surface area contributed by atoms with Gasteiger partial charge in [0.05, 0.1) is 5.69 Å². The Bertz CT molecular complexity index is 563. The van der Waals surface area contributed by atoms with Crippen molar-refractivity contribution < 1.29 is 4.79 Å². The van der Waals surface area contributed by atoms with E-state index in [1.54, 1.807) is 12.4 Å². The maximum Gasteiger partial charge on any atom is 0.227 e. The monoisotopic (exact) mass is 257 g/mol. The van der Waals surface area contributed by atoms with Crippen LogP contribution in [0.3, 0.4) is 0 Å². The minimum atomic E-state index is -0.0320. The highest BCUT2D eigenvalue weighted by atomic mass is 16.1. The van der Waals surface area contributed by atoms with E-state index in [4.69, 9.17) is 5.73 Å². The lowest BCUT2D eigenvalue weighted by Gasteiger charge is -2.13. The van der Waals surface area contributed by atoms with Gasteiger partial charge in [0.2, 0.25) is 5.91 Å². The van der Waals surface area contributed by atoms with Crippen LogP contribution in [0.2, 0.25) is 0 Å². The van der Waals surface area contributed by atoms with Crippen molar-refractivity contribution in [2.24, 2.45) is 11.7 Å². The predicted octanol–water partition coefficient (Wildman–Crippen LogP) is 2.55. The summed E-state index contributed by atoms with van der Waals surface area (Å²) < 4.78 is 0. The summed E-state index contributed by atoms with van der Waals surface area (Å²) in [6.45, 7) is 2.55. The molecule has 2 rings (SSSR count). The first-order chi connectivity index (χ1) is 9.22. The second-order valence-electron chi connectivity index (χ2n) is 4.72. The van der Waals surface area contributed by atoms with Gasteiger partial charge in [0.1, 0.15) is 0 Å². The molecule has 2 aromatic rings. The average Bonchev–Trinajstić information content (AvgIpc) is 2.45. The topological polar surface area (TPSA) is 68.0 Å². The van der Waals surface area contributed by atoms with Crippen molar-refractivity contribution in [2.45, 2.75) is 19.8 Å². The molecule has 0 radical (unpaired) electrons. The fourth-order valence-electron chi connectivity index (χ4n) is 2.03. The normalized spacial score (nSPS) is 12.3. The molecule has 1 atom stereocenters. The van der Waals surface area contributed by atoms with Gasteiger partial charge in [-0.1, -0.05) is 19.1 Å². The van der Waals surface area contributed by atoms with Crippen molar-refractivity contribution in [3.8, 4) is 0 Å². The Kier molecular flexibility index (Phi) is 4.47. The van der Waals surface area contributed by atoms with Crippen LogP contribution in [-0.2, 0) is 4.79 Å². The number of pyridine rings is 1. The number of amides is 1. The smallest absolute Gasteiger partial charge is 0.227 e. The van der Waals surface area contributed by atoms with Gasteiger partial charge in [0, 0.05) is 23.7 Å². The van der Waals surface area contributed by atoms with Crippen LogP contribution in [0.25, 0.3) is 10.8 Å². The van der Waals surface area contributed by atoms with Crippen LogP contribution in [0.1, 0.15) is 19.8 Å². The number of nitrogens with zero attached hydrogens (tertiary/aromatic N) is 1. The Labute approximate surface area is 113 Å². The van der Waals surface area contributed by atoms with E-state index in [1.165, 1.54) is 0 Å². The predicted molar refractivity (Wildman–Crippen MR) is 77.8 cm³/mol. The molecule has 1 aromatic heterocycles. The van der Waals surface area contributed by atoms with E-state index >= 15 is 0 Å². The third kappa shape index (κ3) is 3.29. The molecule has 0 aliphatic heterocycles. The number of anilines is 1. The van der Waals surface area contributed by atoms with Crippen LogP contribution in [0.4, 0.5) is 5.69 Å². The maximum atomic E-state index is 12.1. The average molecular weight is 257 g/mol. The maximum absolute atomic E-state index is 12.1. The third-order valence-electron chi connectivity index (χ3n) is 3.23. The molecule has 1 aromatic carbocycles. The first-order valence-electron chi connectivity index (χ1n) is 6.56. The second kappa shape index (κ2) is 6.29. The van der Waals surface area contributed by atoms with Crippen molar-refractivity contribution in [3.63, 3.8) is 0 Å². The Morgan fingerprint density at radius 2 is 2.26 bits per heavy atom. The van der Waals surface area contributed by atoms with Gasteiger partial charge in [-0.3, -0.25) is 9.78 Å². The summed E-state index contributed by atoms with van der Waals surface area (Å²) in [6.07, 6.45) is 5.20. The zero-order chi connectivity index (χ0) is 13.7. The molecule has 4 heteroatoms. The largest absolute Gasteiger partial charge is 0.330 e. The van der Waals surface area contributed by atoms with Gasteiger partial charge in [0.25, 0.3) is 0 Å². The number of carbonyl (C=O) groups is 1. The fourth-order valence-corrected chi connectivity index (χ4v) is 2.03. The Morgan fingerprint density at radius 1 is 1.42 bits per heavy atom. The van der Waals surface area contributed by atoms with E-state index in [0.29, 0.717) is 6.54 Å². The van der Waals surface area contributed by atoms with Crippen molar-refractivity contribution in [1.29, 1.82) is 0 Å². The van der Waals surface area contributed by atoms with Gasteiger partial charge in [-0.05, 0) is 36.9 Å². The van der Waals surface area contributed by atoms with Gasteiger partial charge in [-0.2, -0.15) is 0 Å². The number of fused-ring (bicyclic) bond motifs is 1. The van der Waals surface area contributed by atoms with Crippen LogP contribution in [0, 0.1) is 5.92 Å². The van der Waals surface area contributed by atoms with Gasteiger partial charge >= 0.3 is 0 Å². The molecular weight excluding hydrogens is 238 g/mol. The Hall–Kier alpha value is -1.94. The summed E-state index contributed by atoms with van der Waals surface area (Å²) in [5.41, 5.74) is 6.28. The molecule has 1 heterocycles. The number of rotatable bonds is 5. The van der Waals surface area contributed by atoms with Crippen molar-refractivity contribution in [1.82, 2.24) is 4.98 Å². The molecule has 1 unspecified atom stereocenters. The molecule has 0 fully saturated rings. The van der Waals surface area contributed by atoms with E-state index in [-0.39, 0.29) is 11.8 Å². The lowest BCUT2D eigenvalue weighted by molar-refractivity contribution is -0.119. The van der Waals surface area contributed by atoms with Crippen LogP contribution in [-0.4, -0.2) is 17.4 Å². The molecule has 1 amide bonds. The molecule has 3 N–H and O–H groups in total. The lowest BCUT2D eigenvalue weighted by Crippen LogP contribution is -2.21. The van der Waals surface area contributed by atoms with Gasteiger partial charge in [-0.25, -0.2) is 0 Å². The molecule has 19 heavy (non-hydrogen) atoms. The molecule has 4 nitrogen and oxygen atoms in total. The van der Waals surface area contributed by atoms with E-state index in [9.17, 15) is 4.79 Å². The number of nitrogens with one attached hydrogen (secondary N) is 1. The first-order valence-corrected chi connectivity index (χ1v) is 6.56. The van der Waals surface area contributed by atoms with E-state index in [0.717, 1.165) is 29.3 Å². The first kappa shape index (κ1) is 13.5. The number of aromatic nitrogens is 1. The minimum absolute atomic E-state index is 0.0320. The van der Waals surface area contributed by atoms with E-state index in [2.05, 4.69) is 10.3 Å². The molecule has 0 aliphatic carbocycles. The van der Waals surface area contributed by atoms with Crippen LogP contribution < -0.4 is 11.1 Å². The number of hydrogen-bond donors (Lipinski definition) is 2. The fraction of sp³-hybridized carbons (Fsp3) is 0.333. The van der Waals surface area contributed by atoms with Gasteiger partial charge in [-0.15, -0.1) is 0 Å². The summed E-state index contributed by atoms with van der Waals surface area (Å²) in [5.74, 6) is 0.000260. The zero-order valence-corrected chi connectivity index (χ0v) is 11.1. The highest BCUT2D eigenvalue weighted by Crippen LogP contribution is 2.22. The highest BCUT2D eigenvalue weighted by Gasteiger charge is 2.13. The van der Waals surface area contributed by atoms with Crippen LogP contribution >= 0.6 is 0 Å². The number of nitrogens with two attached hydrogens (primary N) is 1. The molecular formula is C15H19N3O. The number of benzene rings is 1. The molecule has 0 aliphatic rings. The molecule has 100 valence electrons. The summed E-state index contributed by atoms with van der Waals surface area (Å²) in [7, 11) is 0. The highest BCUT2D eigenvalue weighted by molar-refractivity contribution is 6.02. The Balaban J connectivity index is 2.15. The summed E-state index contributed by atoms with van der Waals surface area (Å²) >= 11 is 0. The van der Waals surface area contributed by atoms with E-state index in [1.807, 2.05) is 31.2 Å². The molecule has 0 saturated carbocycles. The molecule has 0 bridgehead atoms. The molecule has 0 spiro atoms. The minimum Gasteiger partial charge on any atom is -0.330 e. The SMILES string of the molecule is CC(CCCN)C(=O)Nc1cccc2ccncc12. The Morgan fingerprint density at radius 3 is 3.05 bits per heavy atom. The number of carbonyl (C=O) groups excluding carboxylic acids is 1. The van der Waals surface area contributed by atoms with Crippen molar-refractivity contribution in [3.05, 3.63) is 36.7 Å². The zero-order valence-electron chi connectivity index (χ0n) is 11.1. The number of hydrogen-bond acceptors (Lipinski definition) is 3. The van der Waals surface area contributed by atoms with Gasteiger partial charge < -0.3 is 11.1 Å². The van der Waals surface area contributed by atoms with E-state index < -0.39 is 0 Å². The lowest BCUT2D eigenvalue weighted by atomic mass is 10.0. The summed E-state index contributed by atoms with van der Waals surface area (Å²) in [4.78, 5) is 16.2. The van der Waals surface area contributed by atoms with Crippen molar-refractivity contribution >= 4 is 22.4 Å². The summed E-state index contributed by atoms with van der Waals surface area (Å²) in [5, 5.41) is 5.01. The van der Waals surface area contributed by atoms with Crippen LogP contribution in [0.5, 0.6) is 0 Å². The third-order valence-corrected chi connectivity index (χ3v) is 3.23. The quantitative estimate of drug-likeness (QED) is 0.865. The van der Waals surface area contributed by atoms with Gasteiger partial charge in [0.15, 0.2) is 0 Å².